The number of Topliss-reactive ketones (excluding diaryl/α,β-unsaturated/α-hetero) is 1. The highest BCUT2D eigenvalue weighted by molar-refractivity contribution is 5.94. The van der Waals surface area contributed by atoms with Crippen molar-refractivity contribution in [3.8, 4) is 0 Å². The second-order valence-electron chi connectivity index (χ2n) is 2.24. The zero-order chi connectivity index (χ0) is 10.3. The monoisotopic (exact) mass is 180 g/mol. The number of anilines is 1. The van der Waals surface area contributed by atoms with Crippen molar-refractivity contribution < 1.29 is 4.79 Å². The Labute approximate surface area is 79.2 Å². The first kappa shape index (κ1) is 11.6. The summed E-state index contributed by atoms with van der Waals surface area (Å²) in [6.45, 7) is 5.54. The van der Waals surface area contributed by atoms with Crippen LogP contribution in [0.3, 0.4) is 0 Å². The van der Waals surface area contributed by atoms with E-state index >= 15 is 0 Å². The van der Waals surface area contributed by atoms with Gasteiger partial charge in [-0.2, -0.15) is 0 Å². The molecule has 0 saturated heterocycles. The van der Waals surface area contributed by atoms with Crippen LogP contribution in [0.1, 0.15) is 31.1 Å². The number of hydrogen-bond acceptors (Lipinski definition) is 3. The lowest BCUT2D eigenvalue weighted by Gasteiger charge is -1.99. The summed E-state index contributed by atoms with van der Waals surface area (Å²) in [4.78, 5) is 14.8. The molecule has 3 nitrogen and oxygen atoms in total. The third-order valence-electron chi connectivity index (χ3n) is 1.42. The van der Waals surface area contributed by atoms with Crippen LogP contribution >= 0.6 is 0 Å². The van der Waals surface area contributed by atoms with Crippen LogP contribution in [0.4, 0.5) is 5.82 Å². The average molecular weight is 180 g/mol. The van der Waals surface area contributed by atoms with Crippen molar-refractivity contribution in [2.45, 2.75) is 20.8 Å². The third kappa shape index (κ3) is 3.69. The molecule has 1 heterocycles. The molecule has 13 heavy (non-hydrogen) atoms. The van der Waals surface area contributed by atoms with E-state index in [1.165, 1.54) is 6.92 Å². The van der Waals surface area contributed by atoms with Gasteiger partial charge in [-0.15, -0.1) is 0 Å². The number of aromatic nitrogens is 1. The van der Waals surface area contributed by atoms with Crippen LogP contribution in [0.25, 0.3) is 0 Å². The standard InChI is InChI=1S/C8H10N2O.C2H6/c1-6(11)7-3-4-10-8(5-7)9-2;1-2/h3-5H,1-2H3,(H,9,10);1-2H3. The minimum Gasteiger partial charge on any atom is -0.373 e. The molecule has 0 aliphatic heterocycles. The Hall–Kier alpha value is -1.38. The number of ketones is 1. The van der Waals surface area contributed by atoms with Crippen LogP contribution in [0.15, 0.2) is 18.3 Å². The molecule has 0 aliphatic carbocycles. The van der Waals surface area contributed by atoms with Gasteiger partial charge in [-0.3, -0.25) is 4.79 Å². The molecule has 0 spiro atoms. The fraction of sp³-hybridized carbons (Fsp3) is 0.400. The predicted octanol–water partition coefficient (Wildman–Crippen LogP) is 2.35. The largest absolute Gasteiger partial charge is 0.373 e. The van der Waals surface area contributed by atoms with Crippen LogP contribution in [0, 0.1) is 0 Å². The van der Waals surface area contributed by atoms with E-state index in [4.69, 9.17) is 0 Å². The van der Waals surface area contributed by atoms with Gasteiger partial charge in [-0.25, -0.2) is 4.98 Å². The van der Waals surface area contributed by atoms with Crippen molar-refractivity contribution >= 4 is 11.6 Å². The molecule has 0 amide bonds. The Morgan fingerprint density at radius 1 is 1.46 bits per heavy atom. The molecule has 0 unspecified atom stereocenters. The molecule has 1 aromatic heterocycles. The molecular formula is C10H16N2O. The molecule has 1 aromatic rings. The number of rotatable bonds is 2. The molecule has 0 aromatic carbocycles. The highest BCUT2D eigenvalue weighted by Crippen LogP contribution is 2.05. The quantitative estimate of drug-likeness (QED) is 0.710. The lowest BCUT2D eigenvalue weighted by molar-refractivity contribution is 0.101. The number of carbonyl (C=O) groups is 1. The van der Waals surface area contributed by atoms with Gasteiger partial charge in [0.25, 0.3) is 0 Å². The number of carbonyl (C=O) groups excluding carboxylic acids is 1. The number of nitrogens with zero attached hydrogens (tertiary/aromatic N) is 1. The van der Waals surface area contributed by atoms with Crippen molar-refractivity contribution in [1.29, 1.82) is 0 Å². The number of nitrogens with one attached hydrogen (secondary N) is 1. The summed E-state index contributed by atoms with van der Waals surface area (Å²) in [5.74, 6) is 0.779. The van der Waals surface area contributed by atoms with E-state index in [-0.39, 0.29) is 5.78 Å². The summed E-state index contributed by atoms with van der Waals surface area (Å²) in [5.41, 5.74) is 0.685. The molecule has 0 fully saturated rings. The molecule has 1 N–H and O–H groups in total. The van der Waals surface area contributed by atoms with Crippen molar-refractivity contribution in [3.63, 3.8) is 0 Å². The fourth-order valence-electron chi connectivity index (χ4n) is 0.786. The summed E-state index contributed by atoms with van der Waals surface area (Å²) in [7, 11) is 1.77. The summed E-state index contributed by atoms with van der Waals surface area (Å²) < 4.78 is 0. The first-order chi connectivity index (χ1) is 6.24. The smallest absolute Gasteiger partial charge is 0.159 e. The van der Waals surface area contributed by atoms with E-state index in [2.05, 4.69) is 10.3 Å². The van der Waals surface area contributed by atoms with Crippen LogP contribution in [-0.4, -0.2) is 17.8 Å². The van der Waals surface area contributed by atoms with Gasteiger partial charge in [-0.05, 0) is 19.1 Å². The van der Waals surface area contributed by atoms with Gasteiger partial charge >= 0.3 is 0 Å². The Balaban J connectivity index is 0.000000671. The third-order valence-corrected chi connectivity index (χ3v) is 1.42. The molecular weight excluding hydrogens is 164 g/mol. The van der Waals surface area contributed by atoms with Gasteiger partial charge in [0.2, 0.25) is 0 Å². The van der Waals surface area contributed by atoms with Crippen LogP contribution in [0.2, 0.25) is 0 Å². The summed E-state index contributed by atoms with van der Waals surface area (Å²) in [6.07, 6.45) is 1.61. The van der Waals surface area contributed by atoms with Gasteiger partial charge in [0.1, 0.15) is 5.82 Å². The van der Waals surface area contributed by atoms with E-state index < -0.39 is 0 Å². The Kier molecular flexibility index (Phi) is 5.52. The van der Waals surface area contributed by atoms with Gasteiger partial charge in [-0.1, -0.05) is 13.8 Å². The normalized spacial score (nSPS) is 8.31. The zero-order valence-corrected chi connectivity index (χ0v) is 8.59. The molecule has 0 saturated carbocycles. The lowest BCUT2D eigenvalue weighted by Crippen LogP contribution is -1.96. The number of pyridine rings is 1. The number of hydrogen-bond donors (Lipinski definition) is 1. The van der Waals surface area contributed by atoms with E-state index in [1.807, 2.05) is 13.8 Å². The first-order valence-corrected chi connectivity index (χ1v) is 4.39. The predicted molar refractivity (Wildman–Crippen MR) is 55.1 cm³/mol. The van der Waals surface area contributed by atoms with E-state index in [0.29, 0.717) is 5.56 Å². The van der Waals surface area contributed by atoms with Gasteiger partial charge in [0, 0.05) is 18.8 Å². The highest BCUT2D eigenvalue weighted by Gasteiger charge is 1.98. The fourth-order valence-corrected chi connectivity index (χ4v) is 0.786. The Bertz CT molecular complexity index is 271. The minimum atomic E-state index is 0.0592. The molecule has 0 radical (unpaired) electrons. The van der Waals surface area contributed by atoms with E-state index in [1.54, 1.807) is 25.4 Å². The van der Waals surface area contributed by atoms with E-state index in [9.17, 15) is 4.79 Å². The van der Waals surface area contributed by atoms with Crippen LogP contribution < -0.4 is 5.32 Å². The van der Waals surface area contributed by atoms with Gasteiger partial charge in [0.05, 0.1) is 0 Å². The topological polar surface area (TPSA) is 42.0 Å². The molecule has 72 valence electrons. The first-order valence-electron chi connectivity index (χ1n) is 4.39. The van der Waals surface area contributed by atoms with E-state index in [0.717, 1.165) is 5.82 Å². The lowest BCUT2D eigenvalue weighted by atomic mass is 10.2. The summed E-state index contributed by atoms with van der Waals surface area (Å²) >= 11 is 0. The maximum atomic E-state index is 10.9. The molecule has 0 atom stereocenters. The van der Waals surface area contributed by atoms with Crippen molar-refractivity contribution in [2.24, 2.45) is 0 Å². The SMILES string of the molecule is CC.CNc1cc(C(C)=O)ccn1. The minimum absolute atomic E-state index is 0.0592. The maximum absolute atomic E-state index is 10.9. The maximum Gasteiger partial charge on any atom is 0.159 e. The second-order valence-corrected chi connectivity index (χ2v) is 2.24. The molecule has 0 bridgehead atoms. The van der Waals surface area contributed by atoms with Crippen molar-refractivity contribution in [3.05, 3.63) is 23.9 Å². The average Bonchev–Trinajstić information content (AvgIpc) is 2.21. The zero-order valence-electron chi connectivity index (χ0n) is 8.59. The highest BCUT2D eigenvalue weighted by atomic mass is 16.1. The molecule has 0 aliphatic rings. The van der Waals surface area contributed by atoms with Crippen molar-refractivity contribution in [2.75, 3.05) is 12.4 Å². The van der Waals surface area contributed by atoms with Crippen LogP contribution in [0.5, 0.6) is 0 Å². The molecule has 3 heteroatoms. The molecule has 1 rings (SSSR count). The van der Waals surface area contributed by atoms with Gasteiger partial charge in [0.15, 0.2) is 5.78 Å². The van der Waals surface area contributed by atoms with Crippen LogP contribution in [-0.2, 0) is 0 Å². The summed E-state index contributed by atoms with van der Waals surface area (Å²) in [5, 5.41) is 2.86. The Morgan fingerprint density at radius 3 is 2.54 bits per heavy atom. The Morgan fingerprint density at radius 2 is 2.08 bits per heavy atom. The second kappa shape index (κ2) is 6.17. The van der Waals surface area contributed by atoms with Gasteiger partial charge < -0.3 is 5.32 Å². The summed E-state index contributed by atoms with van der Waals surface area (Å²) in [6, 6.07) is 3.42. The van der Waals surface area contributed by atoms with Crippen molar-refractivity contribution in [1.82, 2.24) is 4.98 Å².